The Morgan fingerprint density at radius 3 is 2.43 bits per heavy atom. The predicted octanol–water partition coefficient (Wildman–Crippen LogP) is 3.73. The zero-order chi connectivity index (χ0) is 10.3. The molecule has 74 valence electrons. The van der Waals surface area contributed by atoms with E-state index in [1.165, 1.54) is 12.1 Å². The highest BCUT2D eigenvalue weighted by Gasteiger charge is 2.33. The lowest BCUT2D eigenvalue weighted by Crippen LogP contribution is -2.05. The average Bonchev–Trinajstić information content (AvgIpc) is 2.95. The first-order valence-corrected chi connectivity index (χ1v) is 5.04. The molecule has 0 atom stereocenters. The van der Waals surface area contributed by atoms with Crippen LogP contribution >= 0.6 is 23.2 Å². The number of ketones is 1. The quantitative estimate of drug-likeness (QED) is 0.561. The van der Waals surface area contributed by atoms with Gasteiger partial charge in [0.15, 0.2) is 11.6 Å². The van der Waals surface area contributed by atoms with Crippen LogP contribution in [0.2, 0.25) is 10.0 Å². The van der Waals surface area contributed by atoms with E-state index in [0.29, 0.717) is 0 Å². The Balaban J connectivity index is 2.49. The van der Waals surface area contributed by atoms with Crippen molar-refractivity contribution in [2.75, 3.05) is 0 Å². The van der Waals surface area contributed by atoms with Gasteiger partial charge >= 0.3 is 0 Å². The van der Waals surface area contributed by atoms with Gasteiger partial charge in [0.2, 0.25) is 0 Å². The van der Waals surface area contributed by atoms with Crippen LogP contribution in [0.15, 0.2) is 12.1 Å². The van der Waals surface area contributed by atoms with E-state index in [4.69, 9.17) is 23.2 Å². The molecule has 0 unspecified atom stereocenters. The number of benzene rings is 1. The summed E-state index contributed by atoms with van der Waals surface area (Å²) in [5, 5.41) is 0.0854. The van der Waals surface area contributed by atoms with E-state index >= 15 is 0 Å². The van der Waals surface area contributed by atoms with E-state index in [2.05, 4.69) is 0 Å². The second kappa shape index (κ2) is 3.52. The minimum absolute atomic E-state index is 0.0540. The molecular formula is C10H7Cl2FO. The number of carbonyl (C=O) groups is 1. The molecule has 1 fully saturated rings. The predicted molar refractivity (Wildman–Crippen MR) is 53.5 cm³/mol. The standard InChI is InChI=1S/C10H7Cl2FO/c11-6-3-4-7(12)9(13)8(6)10(14)5-1-2-5/h3-5H,1-2H2. The number of halogens is 3. The van der Waals surface area contributed by atoms with Crippen LogP contribution in [0.3, 0.4) is 0 Å². The first kappa shape index (κ1) is 9.94. The molecule has 0 heterocycles. The zero-order valence-corrected chi connectivity index (χ0v) is 8.70. The highest BCUT2D eigenvalue weighted by molar-refractivity contribution is 6.36. The third-order valence-electron chi connectivity index (χ3n) is 2.24. The van der Waals surface area contributed by atoms with Crippen molar-refractivity contribution in [1.82, 2.24) is 0 Å². The summed E-state index contributed by atoms with van der Waals surface area (Å²) in [6.07, 6.45) is 1.64. The first-order chi connectivity index (χ1) is 6.61. The summed E-state index contributed by atoms with van der Waals surface area (Å²) in [5.41, 5.74) is -0.0540. The van der Waals surface area contributed by atoms with Crippen molar-refractivity contribution in [1.29, 1.82) is 0 Å². The minimum Gasteiger partial charge on any atom is -0.294 e. The summed E-state index contributed by atoms with van der Waals surface area (Å²) < 4.78 is 13.5. The van der Waals surface area contributed by atoms with Crippen LogP contribution in [0.4, 0.5) is 4.39 Å². The van der Waals surface area contributed by atoms with E-state index in [0.717, 1.165) is 12.8 Å². The smallest absolute Gasteiger partial charge is 0.170 e. The molecule has 0 bridgehead atoms. The molecule has 1 saturated carbocycles. The lowest BCUT2D eigenvalue weighted by atomic mass is 10.1. The van der Waals surface area contributed by atoms with Crippen LogP contribution in [-0.4, -0.2) is 5.78 Å². The van der Waals surface area contributed by atoms with E-state index in [9.17, 15) is 9.18 Å². The molecular weight excluding hydrogens is 226 g/mol. The van der Waals surface area contributed by atoms with Crippen LogP contribution < -0.4 is 0 Å². The van der Waals surface area contributed by atoms with Gasteiger partial charge < -0.3 is 0 Å². The van der Waals surface area contributed by atoms with Gasteiger partial charge in [-0.3, -0.25) is 4.79 Å². The van der Waals surface area contributed by atoms with Gasteiger partial charge in [-0.1, -0.05) is 23.2 Å². The Labute approximate surface area is 90.8 Å². The van der Waals surface area contributed by atoms with Crippen LogP contribution in [0.5, 0.6) is 0 Å². The van der Waals surface area contributed by atoms with Gasteiger partial charge in [-0.25, -0.2) is 4.39 Å². The Hall–Kier alpha value is -0.600. The van der Waals surface area contributed by atoms with Crippen molar-refractivity contribution in [3.63, 3.8) is 0 Å². The highest BCUT2D eigenvalue weighted by atomic mass is 35.5. The zero-order valence-electron chi connectivity index (χ0n) is 7.19. The maximum atomic E-state index is 13.5. The van der Waals surface area contributed by atoms with Gasteiger partial charge in [0.05, 0.1) is 15.6 Å². The monoisotopic (exact) mass is 232 g/mol. The molecule has 1 aliphatic carbocycles. The molecule has 1 aromatic rings. The van der Waals surface area contributed by atoms with Crippen molar-refractivity contribution in [2.24, 2.45) is 5.92 Å². The summed E-state index contributed by atoms with van der Waals surface area (Å²) in [4.78, 5) is 11.6. The molecule has 1 aliphatic rings. The maximum absolute atomic E-state index is 13.5. The van der Waals surface area contributed by atoms with Crippen molar-refractivity contribution >= 4 is 29.0 Å². The number of hydrogen-bond acceptors (Lipinski definition) is 1. The van der Waals surface area contributed by atoms with Crippen LogP contribution in [-0.2, 0) is 0 Å². The Kier molecular flexibility index (Phi) is 2.50. The molecule has 14 heavy (non-hydrogen) atoms. The molecule has 0 amide bonds. The first-order valence-electron chi connectivity index (χ1n) is 4.29. The summed E-state index contributed by atoms with van der Waals surface area (Å²) >= 11 is 11.3. The fourth-order valence-electron chi connectivity index (χ4n) is 1.30. The lowest BCUT2D eigenvalue weighted by Gasteiger charge is -2.04. The highest BCUT2D eigenvalue weighted by Crippen LogP contribution is 2.36. The minimum atomic E-state index is -0.698. The van der Waals surface area contributed by atoms with Crippen molar-refractivity contribution < 1.29 is 9.18 Å². The Morgan fingerprint density at radius 1 is 1.29 bits per heavy atom. The van der Waals surface area contributed by atoms with Crippen LogP contribution in [0, 0.1) is 11.7 Å². The van der Waals surface area contributed by atoms with Gasteiger partial charge in [0, 0.05) is 5.92 Å². The molecule has 0 saturated heterocycles. The van der Waals surface area contributed by atoms with E-state index < -0.39 is 5.82 Å². The van der Waals surface area contributed by atoms with Crippen LogP contribution in [0.1, 0.15) is 23.2 Å². The second-order valence-corrected chi connectivity index (χ2v) is 4.17. The van der Waals surface area contributed by atoms with Gasteiger partial charge in [0.1, 0.15) is 0 Å². The molecule has 1 aromatic carbocycles. The molecule has 2 rings (SSSR count). The number of hydrogen-bond donors (Lipinski definition) is 0. The Morgan fingerprint density at radius 2 is 1.86 bits per heavy atom. The SMILES string of the molecule is O=C(c1c(Cl)ccc(Cl)c1F)C1CC1. The molecule has 0 aliphatic heterocycles. The number of carbonyl (C=O) groups excluding carboxylic acids is 1. The van der Waals surface area contributed by atoms with Crippen LogP contribution in [0.25, 0.3) is 0 Å². The van der Waals surface area contributed by atoms with Gasteiger partial charge in [-0.05, 0) is 25.0 Å². The Bertz CT molecular complexity index is 399. The third-order valence-corrected chi connectivity index (χ3v) is 2.85. The fraction of sp³-hybridized carbons (Fsp3) is 0.300. The van der Waals surface area contributed by atoms with E-state index in [1.807, 2.05) is 0 Å². The van der Waals surface area contributed by atoms with Gasteiger partial charge in [0.25, 0.3) is 0 Å². The molecule has 0 radical (unpaired) electrons. The summed E-state index contributed by atoms with van der Waals surface area (Å²) in [5.74, 6) is -0.980. The second-order valence-electron chi connectivity index (χ2n) is 3.36. The number of Topliss-reactive ketones (excluding diaryl/α,β-unsaturated/α-hetero) is 1. The van der Waals surface area contributed by atoms with Crippen molar-refractivity contribution in [3.05, 3.63) is 33.6 Å². The largest absolute Gasteiger partial charge is 0.294 e. The van der Waals surface area contributed by atoms with Gasteiger partial charge in [-0.15, -0.1) is 0 Å². The molecule has 0 N–H and O–H groups in total. The lowest BCUT2D eigenvalue weighted by molar-refractivity contribution is 0.0964. The topological polar surface area (TPSA) is 17.1 Å². The van der Waals surface area contributed by atoms with Crippen molar-refractivity contribution in [2.45, 2.75) is 12.8 Å². The summed E-state index contributed by atoms with van der Waals surface area (Å²) in [6, 6.07) is 2.80. The maximum Gasteiger partial charge on any atom is 0.170 e. The third kappa shape index (κ3) is 1.64. The fourth-order valence-corrected chi connectivity index (χ4v) is 1.70. The molecule has 0 aromatic heterocycles. The number of rotatable bonds is 2. The summed E-state index contributed by atoms with van der Waals surface area (Å²) in [7, 11) is 0. The molecule has 4 heteroatoms. The normalized spacial score (nSPS) is 15.6. The average molecular weight is 233 g/mol. The van der Waals surface area contributed by atoms with E-state index in [-0.39, 0.29) is 27.3 Å². The molecule has 1 nitrogen and oxygen atoms in total. The van der Waals surface area contributed by atoms with Crippen molar-refractivity contribution in [3.8, 4) is 0 Å². The molecule has 0 spiro atoms. The van der Waals surface area contributed by atoms with Gasteiger partial charge in [-0.2, -0.15) is 0 Å². The summed E-state index contributed by atoms with van der Waals surface area (Å²) in [6.45, 7) is 0. The van der Waals surface area contributed by atoms with E-state index in [1.54, 1.807) is 0 Å².